The van der Waals surface area contributed by atoms with E-state index in [2.05, 4.69) is 68.2 Å². The van der Waals surface area contributed by atoms with Gasteiger partial charge in [-0.25, -0.2) is 0 Å². The van der Waals surface area contributed by atoms with Gasteiger partial charge in [-0.1, -0.05) is 24.3 Å². The average molecular weight is 466 g/mol. The van der Waals surface area contributed by atoms with Crippen molar-refractivity contribution in [3.05, 3.63) is 71.8 Å². The number of fused-ring (bicyclic) bond motifs is 3. The summed E-state index contributed by atoms with van der Waals surface area (Å²) < 4.78 is 5.42. The minimum Gasteiger partial charge on any atom is -0.497 e. The third-order valence-corrected chi connectivity index (χ3v) is 7.93. The minimum atomic E-state index is -0.500. The van der Waals surface area contributed by atoms with Gasteiger partial charge in [0.2, 0.25) is 5.91 Å². The predicted molar refractivity (Wildman–Crippen MR) is 137 cm³/mol. The maximum atomic E-state index is 13.0. The maximum Gasteiger partial charge on any atom is 0.235 e. The molecule has 7 nitrogen and oxygen atoms in total. The lowest BCUT2D eigenvalue weighted by Crippen LogP contribution is -2.43. The van der Waals surface area contributed by atoms with Crippen molar-refractivity contribution in [3.63, 3.8) is 0 Å². The second-order valence-corrected chi connectivity index (χ2v) is 9.75. The zero-order chi connectivity index (χ0) is 23.6. The zero-order valence-corrected chi connectivity index (χ0v) is 19.6. The van der Waals surface area contributed by atoms with Crippen LogP contribution in [0.3, 0.4) is 0 Å². The topological polar surface area (TPSA) is 82.3 Å². The molecule has 0 radical (unpaired) electrons. The molecular weight excluding hydrogens is 438 g/mol. The van der Waals surface area contributed by atoms with Gasteiger partial charge in [0.15, 0.2) is 0 Å². The molecule has 2 fully saturated rings. The molecule has 3 aromatic carbocycles. The van der Waals surface area contributed by atoms with Crippen molar-refractivity contribution < 1.29 is 9.53 Å². The first-order chi connectivity index (χ1) is 17.2. The summed E-state index contributed by atoms with van der Waals surface area (Å²) >= 11 is 0. The number of carbonyl (C=O) groups is 1. The zero-order valence-electron chi connectivity index (χ0n) is 19.6. The van der Waals surface area contributed by atoms with Crippen LogP contribution in [0.5, 0.6) is 5.75 Å². The summed E-state index contributed by atoms with van der Waals surface area (Å²) in [5.74, 6) is 1.01. The summed E-state index contributed by atoms with van der Waals surface area (Å²) in [4.78, 5) is 15.4. The molecule has 3 heterocycles. The number of ether oxygens (including phenoxy) is 1. The Balaban J connectivity index is 1.18. The molecule has 1 aromatic heterocycles. The lowest BCUT2D eigenvalue weighted by Gasteiger charge is -2.29. The Hall–Kier alpha value is -3.84. The van der Waals surface area contributed by atoms with Gasteiger partial charge in [0.1, 0.15) is 5.75 Å². The number of H-pyrrole nitrogens is 1. The number of amides is 1. The van der Waals surface area contributed by atoms with Gasteiger partial charge in [-0.3, -0.25) is 9.89 Å². The van der Waals surface area contributed by atoms with E-state index in [4.69, 9.17) is 4.74 Å². The standard InChI is InChI=1S/C28H27N5O2/c1-35-20-7-9-24-22(15-20)28(27(34)30-24)16-23(28)18-4-8-21-25(14-18)31-32-26(21)17-2-5-19(6-3-17)33-12-10-29-11-13-33/h2-9,14-15,23,29H,10-13,16H2,1H3,(H,30,34)(H,31,32). The highest BCUT2D eigenvalue weighted by atomic mass is 16.5. The van der Waals surface area contributed by atoms with Crippen LogP contribution in [0, 0.1) is 0 Å². The van der Waals surface area contributed by atoms with Gasteiger partial charge in [-0.2, -0.15) is 5.10 Å². The average Bonchev–Trinajstić information content (AvgIpc) is 3.44. The van der Waals surface area contributed by atoms with Gasteiger partial charge < -0.3 is 20.3 Å². The quantitative estimate of drug-likeness (QED) is 0.424. The Labute approximate surface area is 203 Å². The first-order valence-corrected chi connectivity index (χ1v) is 12.2. The summed E-state index contributed by atoms with van der Waals surface area (Å²) in [6, 6.07) is 21.0. The Bertz CT molecular complexity index is 1450. The molecule has 1 saturated heterocycles. The van der Waals surface area contributed by atoms with Crippen LogP contribution in [0.15, 0.2) is 60.7 Å². The van der Waals surface area contributed by atoms with E-state index in [-0.39, 0.29) is 11.8 Å². The molecule has 7 heteroatoms. The largest absolute Gasteiger partial charge is 0.497 e. The van der Waals surface area contributed by atoms with Crippen molar-refractivity contribution in [2.75, 3.05) is 43.5 Å². The molecule has 176 valence electrons. The van der Waals surface area contributed by atoms with Crippen molar-refractivity contribution in [2.45, 2.75) is 17.8 Å². The van der Waals surface area contributed by atoms with Crippen molar-refractivity contribution >= 4 is 28.2 Å². The number of anilines is 2. The van der Waals surface area contributed by atoms with Crippen LogP contribution >= 0.6 is 0 Å². The number of piperazine rings is 1. The molecule has 1 amide bonds. The Morgan fingerprint density at radius 2 is 1.86 bits per heavy atom. The van der Waals surface area contributed by atoms with Crippen molar-refractivity contribution in [2.24, 2.45) is 0 Å². The van der Waals surface area contributed by atoms with E-state index in [9.17, 15) is 4.79 Å². The van der Waals surface area contributed by atoms with E-state index in [0.717, 1.165) is 77.3 Å². The predicted octanol–water partition coefficient (Wildman–Crippen LogP) is 4.03. The van der Waals surface area contributed by atoms with Crippen molar-refractivity contribution in [1.82, 2.24) is 15.5 Å². The molecule has 1 aliphatic carbocycles. The first-order valence-electron chi connectivity index (χ1n) is 12.2. The molecule has 2 atom stereocenters. The van der Waals surface area contributed by atoms with E-state index in [1.807, 2.05) is 18.2 Å². The van der Waals surface area contributed by atoms with E-state index < -0.39 is 5.41 Å². The van der Waals surface area contributed by atoms with Crippen molar-refractivity contribution in [1.29, 1.82) is 0 Å². The number of hydrogen-bond donors (Lipinski definition) is 3. The van der Waals surface area contributed by atoms with E-state index >= 15 is 0 Å². The highest BCUT2D eigenvalue weighted by Gasteiger charge is 2.65. The third kappa shape index (κ3) is 3.08. The molecule has 2 unspecified atom stereocenters. The van der Waals surface area contributed by atoms with Crippen LogP contribution in [-0.2, 0) is 10.2 Å². The highest BCUT2D eigenvalue weighted by molar-refractivity contribution is 6.10. The number of rotatable bonds is 4. The number of hydrogen-bond acceptors (Lipinski definition) is 5. The number of aromatic nitrogens is 2. The van der Waals surface area contributed by atoms with Crippen molar-refractivity contribution in [3.8, 4) is 17.0 Å². The lowest BCUT2D eigenvalue weighted by molar-refractivity contribution is -0.118. The molecule has 3 aliphatic rings. The van der Waals surface area contributed by atoms with Crippen LogP contribution in [0.25, 0.3) is 22.2 Å². The number of nitrogens with zero attached hydrogens (tertiary/aromatic N) is 2. The van der Waals surface area contributed by atoms with E-state index in [0.29, 0.717) is 0 Å². The van der Waals surface area contributed by atoms with E-state index in [1.54, 1.807) is 7.11 Å². The summed E-state index contributed by atoms with van der Waals surface area (Å²) in [7, 11) is 1.66. The molecule has 7 rings (SSSR count). The number of nitrogens with one attached hydrogen (secondary N) is 3. The molecule has 1 spiro atoms. The molecule has 1 saturated carbocycles. The van der Waals surface area contributed by atoms with Gasteiger partial charge in [-0.05, 0) is 53.9 Å². The van der Waals surface area contributed by atoms with Crippen LogP contribution in [0.4, 0.5) is 11.4 Å². The second kappa shape index (κ2) is 7.58. The Morgan fingerprint density at radius 3 is 2.66 bits per heavy atom. The second-order valence-electron chi connectivity index (χ2n) is 9.75. The fourth-order valence-corrected chi connectivity index (χ4v) is 5.93. The minimum absolute atomic E-state index is 0.0840. The molecule has 2 aliphatic heterocycles. The van der Waals surface area contributed by atoms with E-state index in [1.165, 1.54) is 5.69 Å². The van der Waals surface area contributed by atoms with Crippen LogP contribution in [0.2, 0.25) is 0 Å². The summed E-state index contributed by atoms with van der Waals surface area (Å²) in [6.07, 6.45) is 0.805. The molecular formula is C28H27N5O2. The van der Waals surface area contributed by atoms with Gasteiger partial charge in [0, 0.05) is 54.4 Å². The Kier molecular flexibility index (Phi) is 4.45. The van der Waals surface area contributed by atoms with Crippen LogP contribution in [0.1, 0.15) is 23.5 Å². The van der Waals surface area contributed by atoms with Gasteiger partial charge in [0.05, 0.1) is 23.7 Å². The van der Waals surface area contributed by atoms with Gasteiger partial charge >= 0.3 is 0 Å². The first kappa shape index (κ1) is 20.5. The highest BCUT2D eigenvalue weighted by Crippen LogP contribution is 2.65. The summed E-state index contributed by atoms with van der Waals surface area (Å²) in [5.41, 5.74) is 6.90. The monoisotopic (exact) mass is 465 g/mol. The molecule has 0 bridgehead atoms. The third-order valence-electron chi connectivity index (χ3n) is 7.93. The smallest absolute Gasteiger partial charge is 0.235 e. The number of benzene rings is 3. The SMILES string of the molecule is COc1ccc2c(c1)C1(CC1c1ccc3c(-c4ccc(N5CCNCC5)cc4)n[nH]c3c1)C(=O)N2. The number of aromatic amines is 1. The molecule has 3 N–H and O–H groups in total. The molecule has 35 heavy (non-hydrogen) atoms. The normalized spacial score (nSPS) is 22.9. The molecule has 4 aromatic rings. The maximum absolute atomic E-state index is 13.0. The van der Waals surface area contributed by atoms with Crippen LogP contribution in [-0.4, -0.2) is 49.4 Å². The fraction of sp³-hybridized carbons (Fsp3) is 0.286. The lowest BCUT2D eigenvalue weighted by atomic mass is 9.91. The van der Waals surface area contributed by atoms with Crippen LogP contribution < -0.4 is 20.3 Å². The summed E-state index contributed by atoms with van der Waals surface area (Å²) in [5, 5.41) is 15.4. The Morgan fingerprint density at radius 1 is 1.03 bits per heavy atom. The summed E-state index contributed by atoms with van der Waals surface area (Å²) in [6.45, 7) is 4.12. The number of methoxy groups -OCH3 is 1. The van der Waals surface area contributed by atoms with Gasteiger partial charge in [-0.15, -0.1) is 0 Å². The number of carbonyl (C=O) groups excluding carboxylic acids is 1. The van der Waals surface area contributed by atoms with Gasteiger partial charge in [0.25, 0.3) is 0 Å². The fourth-order valence-electron chi connectivity index (χ4n) is 5.93.